The van der Waals surface area contributed by atoms with Crippen molar-refractivity contribution in [1.82, 2.24) is 10.2 Å². The van der Waals surface area contributed by atoms with Crippen LogP contribution in [0.2, 0.25) is 0 Å². The van der Waals surface area contributed by atoms with Gasteiger partial charge in [0.2, 0.25) is 0 Å². The van der Waals surface area contributed by atoms with E-state index in [9.17, 15) is 0 Å². The summed E-state index contributed by atoms with van der Waals surface area (Å²) in [5, 5.41) is 3.55. The zero-order valence-electron chi connectivity index (χ0n) is 10.3. The van der Waals surface area contributed by atoms with Crippen LogP contribution >= 0.6 is 11.8 Å². The third-order valence-electron chi connectivity index (χ3n) is 3.28. The number of thioether (sulfide) groups is 1. The molecule has 2 nitrogen and oxygen atoms in total. The van der Waals surface area contributed by atoms with Crippen molar-refractivity contribution in [3.8, 4) is 0 Å². The van der Waals surface area contributed by atoms with Gasteiger partial charge in [0.25, 0.3) is 0 Å². The van der Waals surface area contributed by atoms with Crippen molar-refractivity contribution in [2.45, 2.75) is 38.1 Å². The van der Waals surface area contributed by atoms with Gasteiger partial charge in [-0.2, -0.15) is 11.8 Å². The highest BCUT2D eigenvalue weighted by molar-refractivity contribution is 7.98. The van der Waals surface area contributed by atoms with Gasteiger partial charge in [-0.1, -0.05) is 6.42 Å². The Bertz CT molecular complexity index is 153. The number of rotatable bonds is 7. The van der Waals surface area contributed by atoms with Crippen LogP contribution in [-0.2, 0) is 0 Å². The fourth-order valence-electron chi connectivity index (χ4n) is 2.24. The Labute approximate surface area is 99.2 Å². The van der Waals surface area contributed by atoms with Crippen molar-refractivity contribution in [3.05, 3.63) is 0 Å². The fourth-order valence-corrected chi connectivity index (χ4v) is 2.68. The van der Waals surface area contributed by atoms with Gasteiger partial charge in [-0.3, -0.25) is 0 Å². The maximum atomic E-state index is 3.55. The normalized spacial score (nSPS) is 23.2. The van der Waals surface area contributed by atoms with Gasteiger partial charge in [0, 0.05) is 6.04 Å². The second kappa shape index (κ2) is 8.43. The molecule has 1 N–H and O–H groups in total. The molecule has 1 aliphatic heterocycles. The van der Waals surface area contributed by atoms with Crippen molar-refractivity contribution < 1.29 is 0 Å². The van der Waals surface area contributed by atoms with Crippen LogP contribution < -0.4 is 5.32 Å². The molecule has 0 aromatic carbocycles. The molecule has 1 atom stereocenters. The predicted molar refractivity (Wildman–Crippen MR) is 70.8 cm³/mol. The van der Waals surface area contributed by atoms with Crippen LogP contribution in [0.25, 0.3) is 0 Å². The van der Waals surface area contributed by atoms with Gasteiger partial charge in [0.15, 0.2) is 0 Å². The minimum Gasteiger partial charge on any atom is -0.317 e. The molecule has 1 rings (SSSR count). The van der Waals surface area contributed by atoms with Crippen LogP contribution in [0, 0.1) is 0 Å². The van der Waals surface area contributed by atoms with Gasteiger partial charge < -0.3 is 10.2 Å². The predicted octanol–water partition coefficient (Wildman–Crippen LogP) is 2.20. The van der Waals surface area contributed by atoms with E-state index in [1.807, 2.05) is 11.8 Å². The molecule has 1 fully saturated rings. The monoisotopic (exact) mass is 230 g/mol. The van der Waals surface area contributed by atoms with Crippen LogP contribution in [0.5, 0.6) is 0 Å². The van der Waals surface area contributed by atoms with Gasteiger partial charge in [0.1, 0.15) is 0 Å². The van der Waals surface area contributed by atoms with Crippen molar-refractivity contribution in [3.63, 3.8) is 0 Å². The van der Waals surface area contributed by atoms with E-state index >= 15 is 0 Å². The Morgan fingerprint density at radius 2 is 2.20 bits per heavy atom. The summed E-state index contributed by atoms with van der Waals surface area (Å²) in [6, 6.07) is 0.840. The van der Waals surface area contributed by atoms with Crippen LogP contribution in [-0.4, -0.2) is 49.6 Å². The zero-order chi connectivity index (χ0) is 10.9. The second-order valence-electron chi connectivity index (χ2n) is 4.52. The fraction of sp³-hybridized carbons (Fsp3) is 1.00. The maximum absolute atomic E-state index is 3.55. The van der Waals surface area contributed by atoms with E-state index in [0.717, 1.165) is 6.04 Å². The van der Waals surface area contributed by atoms with Gasteiger partial charge in [-0.15, -0.1) is 0 Å². The molecule has 1 aliphatic rings. The molecule has 3 heteroatoms. The van der Waals surface area contributed by atoms with E-state index in [-0.39, 0.29) is 0 Å². The molecule has 0 aromatic heterocycles. The summed E-state index contributed by atoms with van der Waals surface area (Å²) < 4.78 is 0. The summed E-state index contributed by atoms with van der Waals surface area (Å²) in [4.78, 5) is 2.53. The van der Waals surface area contributed by atoms with E-state index in [0.29, 0.717) is 0 Å². The highest BCUT2D eigenvalue weighted by Gasteiger charge is 2.17. The van der Waals surface area contributed by atoms with Crippen molar-refractivity contribution in [1.29, 1.82) is 0 Å². The summed E-state index contributed by atoms with van der Waals surface area (Å²) in [5.41, 5.74) is 0. The summed E-state index contributed by atoms with van der Waals surface area (Å²) in [6.45, 7) is 3.69. The van der Waals surface area contributed by atoms with Crippen LogP contribution in [0.4, 0.5) is 0 Å². The Morgan fingerprint density at radius 3 is 2.93 bits per heavy atom. The van der Waals surface area contributed by atoms with Gasteiger partial charge in [-0.25, -0.2) is 0 Å². The Balaban J connectivity index is 1.94. The first-order chi connectivity index (χ1) is 7.34. The Morgan fingerprint density at radius 1 is 1.33 bits per heavy atom. The summed E-state index contributed by atoms with van der Waals surface area (Å²) >= 11 is 1.94. The van der Waals surface area contributed by atoms with Crippen molar-refractivity contribution in [2.75, 3.05) is 38.7 Å². The zero-order valence-corrected chi connectivity index (χ0v) is 11.1. The molecule has 15 heavy (non-hydrogen) atoms. The molecule has 1 heterocycles. The molecule has 0 saturated carbocycles. The molecular weight excluding hydrogens is 204 g/mol. The minimum atomic E-state index is 0.840. The summed E-state index contributed by atoms with van der Waals surface area (Å²) in [7, 11) is 2.28. The molecule has 0 radical (unpaired) electrons. The first kappa shape index (κ1) is 13.3. The first-order valence-electron chi connectivity index (χ1n) is 6.24. The lowest BCUT2D eigenvalue weighted by molar-refractivity contribution is 0.175. The number of hydrogen-bond donors (Lipinski definition) is 1. The Hall–Kier alpha value is 0.270. The molecule has 0 spiro atoms. The van der Waals surface area contributed by atoms with E-state index in [2.05, 4.69) is 23.5 Å². The van der Waals surface area contributed by atoms with E-state index in [1.165, 1.54) is 57.5 Å². The smallest absolute Gasteiger partial charge is 0.0104 e. The standard InChI is InChI=1S/C12H26N2S/c1-14-10-4-3-6-12(14)7-9-13-8-5-11-15-2/h12-13H,3-11H2,1-2H3. The number of nitrogens with one attached hydrogen (secondary N) is 1. The lowest BCUT2D eigenvalue weighted by Crippen LogP contribution is -2.38. The third kappa shape index (κ3) is 5.79. The number of nitrogens with zero attached hydrogens (tertiary/aromatic N) is 1. The molecule has 0 bridgehead atoms. The minimum absolute atomic E-state index is 0.840. The van der Waals surface area contributed by atoms with Crippen molar-refractivity contribution in [2.24, 2.45) is 0 Å². The number of likely N-dealkylation sites (tertiary alicyclic amines) is 1. The quantitative estimate of drug-likeness (QED) is 0.675. The summed E-state index contributed by atoms with van der Waals surface area (Å²) in [5.74, 6) is 1.29. The number of hydrogen-bond acceptors (Lipinski definition) is 3. The molecule has 1 saturated heterocycles. The summed E-state index contributed by atoms with van der Waals surface area (Å²) in [6.07, 6.45) is 9.05. The molecule has 0 amide bonds. The lowest BCUT2D eigenvalue weighted by Gasteiger charge is -2.32. The topological polar surface area (TPSA) is 15.3 Å². The van der Waals surface area contributed by atoms with Crippen LogP contribution in [0.1, 0.15) is 32.1 Å². The highest BCUT2D eigenvalue weighted by atomic mass is 32.2. The molecular formula is C12H26N2S. The third-order valence-corrected chi connectivity index (χ3v) is 3.97. The van der Waals surface area contributed by atoms with Gasteiger partial charge >= 0.3 is 0 Å². The van der Waals surface area contributed by atoms with E-state index in [4.69, 9.17) is 0 Å². The maximum Gasteiger partial charge on any atom is 0.0104 e. The van der Waals surface area contributed by atoms with E-state index < -0.39 is 0 Å². The Kier molecular flexibility index (Phi) is 7.49. The largest absolute Gasteiger partial charge is 0.317 e. The van der Waals surface area contributed by atoms with Gasteiger partial charge in [-0.05, 0) is 64.4 Å². The molecule has 0 aromatic rings. The van der Waals surface area contributed by atoms with Crippen LogP contribution in [0.3, 0.4) is 0 Å². The average Bonchev–Trinajstić information content (AvgIpc) is 2.25. The average molecular weight is 230 g/mol. The second-order valence-corrected chi connectivity index (χ2v) is 5.50. The lowest BCUT2D eigenvalue weighted by atomic mass is 10.0. The number of piperidine rings is 1. The van der Waals surface area contributed by atoms with Crippen molar-refractivity contribution >= 4 is 11.8 Å². The van der Waals surface area contributed by atoms with Gasteiger partial charge in [0.05, 0.1) is 0 Å². The molecule has 90 valence electrons. The van der Waals surface area contributed by atoms with E-state index in [1.54, 1.807) is 0 Å². The highest BCUT2D eigenvalue weighted by Crippen LogP contribution is 2.16. The first-order valence-corrected chi connectivity index (χ1v) is 7.64. The molecule has 1 unspecified atom stereocenters. The molecule has 0 aliphatic carbocycles. The van der Waals surface area contributed by atoms with Crippen LogP contribution in [0.15, 0.2) is 0 Å². The SMILES string of the molecule is CSCCCNCCC1CCCCN1C.